The quantitative estimate of drug-likeness (QED) is 0.418. The molecule has 4 aromatic rings. The Morgan fingerprint density at radius 3 is 2.04 bits per heavy atom. The van der Waals surface area contributed by atoms with Crippen molar-refractivity contribution >= 4 is 11.6 Å². The third kappa shape index (κ3) is 3.90. The van der Waals surface area contributed by atoms with Gasteiger partial charge in [-0.3, -0.25) is 4.79 Å². The minimum atomic E-state index is -0.395. The van der Waals surface area contributed by atoms with Gasteiger partial charge in [0.25, 0.3) is 5.56 Å². The molecule has 0 radical (unpaired) electrons. The van der Waals surface area contributed by atoms with Gasteiger partial charge < -0.3 is 4.57 Å². The normalized spacial score (nSPS) is 10.8. The highest BCUT2D eigenvalue weighted by atomic mass is 35.5. The lowest BCUT2D eigenvalue weighted by atomic mass is 10.0. The summed E-state index contributed by atoms with van der Waals surface area (Å²) in [6.45, 7) is 0.286. The van der Waals surface area contributed by atoms with Gasteiger partial charge in [-0.25, -0.2) is 4.39 Å². The Bertz CT molecular complexity index is 1170. The van der Waals surface area contributed by atoms with Crippen molar-refractivity contribution in [3.05, 3.63) is 118 Å². The second-order valence-electron chi connectivity index (χ2n) is 6.56. The molecule has 0 N–H and O–H groups in total. The summed E-state index contributed by atoms with van der Waals surface area (Å²) in [5, 5.41) is 0.310. The molecule has 0 atom stereocenters. The van der Waals surface area contributed by atoms with E-state index in [0.29, 0.717) is 10.6 Å². The van der Waals surface area contributed by atoms with Crippen LogP contribution in [0, 0.1) is 5.82 Å². The zero-order valence-corrected chi connectivity index (χ0v) is 15.7. The van der Waals surface area contributed by atoms with Crippen molar-refractivity contribution in [2.24, 2.45) is 0 Å². The smallest absolute Gasteiger partial charge is 0.250 e. The minimum absolute atomic E-state index is 0.134. The maximum absolute atomic E-state index is 13.3. The molecule has 0 aliphatic rings. The van der Waals surface area contributed by atoms with Crippen LogP contribution in [-0.4, -0.2) is 4.57 Å². The van der Waals surface area contributed by atoms with E-state index < -0.39 is 5.82 Å². The second-order valence-corrected chi connectivity index (χ2v) is 6.97. The summed E-state index contributed by atoms with van der Waals surface area (Å²) in [7, 11) is 0. The molecule has 1 aromatic heterocycles. The van der Waals surface area contributed by atoms with Gasteiger partial charge in [0.15, 0.2) is 0 Å². The van der Waals surface area contributed by atoms with Gasteiger partial charge in [0.1, 0.15) is 5.82 Å². The maximum Gasteiger partial charge on any atom is 0.250 e. The van der Waals surface area contributed by atoms with Crippen molar-refractivity contribution in [1.82, 2.24) is 4.57 Å². The molecule has 138 valence electrons. The molecule has 0 saturated carbocycles. The molecular weight excluding hydrogens is 373 g/mol. The van der Waals surface area contributed by atoms with Crippen molar-refractivity contribution in [1.29, 1.82) is 0 Å². The Morgan fingerprint density at radius 2 is 1.36 bits per heavy atom. The summed E-state index contributed by atoms with van der Waals surface area (Å²) in [6.07, 6.45) is 1.81. The molecule has 0 fully saturated rings. The Kier molecular flexibility index (Phi) is 5.09. The van der Waals surface area contributed by atoms with Crippen LogP contribution in [0.3, 0.4) is 0 Å². The highest BCUT2D eigenvalue weighted by molar-refractivity contribution is 6.31. The molecule has 0 spiro atoms. The highest BCUT2D eigenvalue weighted by Gasteiger charge is 2.07. The third-order valence-corrected chi connectivity index (χ3v) is 5.02. The van der Waals surface area contributed by atoms with Crippen LogP contribution in [-0.2, 0) is 6.54 Å². The number of pyridine rings is 1. The van der Waals surface area contributed by atoms with Crippen molar-refractivity contribution < 1.29 is 4.39 Å². The lowest BCUT2D eigenvalue weighted by Crippen LogP contribution is -2.19. The number of benzene rings is 3. The van der Waals surface area contributed by atoms with E-state index in [9.17, 15) is 9.18 Å². The molecular formula is C24H17ClFNO. The number of halogens is 2. The fourth-order valence-electron chi connectivity index (χ4n) is 3.14. The largest absolute Gasteiger partial charge is 0.310 e. The molecule has 0 aliphatic carbocycles. The van der Waals surface area contributed by atoms with E-state index in [1.165, 1.54) is 18.2 Å². The lowest BCUT2D eigenvalue weighted by Gasteiger charge is -2.11. The van der Waals surface area contributed by atoms with Crippen LogP contribution in [0.2, 0.25) is 5.02 Å². The first-order valence-corrected chi connectivity index (χ1v) is 9.28. The molecule has 0 amide bonds. The van der Waals surface area contributed by atoms with Crippen LogP contribution in [0.25, 0.3) is 22.3 Å². The van der Waals surface area contributed by atoms with Crippen LogP contribution >= 0.6 is 11.6 Å². The predicted octanol–water partition coefficient (Wildman–Crippen LogP) is 6.02. The summed E-state index contributed by atoms with van der Waals surface area (Å²) in [6, 6.07) is 25.9. The van der Waals surface area contributed by atoms with Crippen LogP contribution in [0.4, 0.5) is 4.39 Å². The van der Waals surface area contributed by atoms with E-state index >= 15 is 0 Å². The number of hydrogen-bond acceptors (Lipinski definition) is 1. The van der Waals surface area contributed by atoms with Crippen LogP contribution in [0.15, 0.2) is 95.9 Å². The fourth-order valence-corrected chi connectivity index (χ4v) is 3.37. The van der Waals surface area contributed by atoms with Crippen molar-refractivity contribution in [2.45, 2.75) is 6.54 Å². The Morgan fingerprint density at radius 1 is 0.750 bits per heavy atom. The molecule has 28 heavy (non-hydrogen) atoms. The van der Waals surface area contributed by atoms with Crippen LogP contribution < -0.4 is 5.56 Å². The molecule has 0 saturated heterocycles. The number of rotatable bonds is 4. The molecule has 0 bridgehead atoms. The van der Waals surface area contributed by atoms with Crippen molar-refractivity contribution in [3.63, 3.8) is 0 Å². The van der Waals surface area contributed by atoms with E-state index in [1.54, 1.807) is 16.8 Å². The van der Waals surface area contributed by atoms with Gasteiger partial charge >= 0.3 is 0 Å². The summed E-state index contributed by atoms with van der Waals surface area (Å²) in [5.74, 6) is -0.395. The van der Waals surface area contributed by atoms with Gasteiger partial charge in [-0.15, -0.1) is 0 Å². The van der Waals surface area contributed by atoms with Gasteiger partial charge in [-0.1, -0.05) is 72.3 Å². The monoisotopic (exact) mass is 389 g/mol. The summed E-state index contributed by atoms with van der Waals surface area (Å²) in [5.41, 5.74) is 4.80. The Labute approximate surface area is 167 Å². The van der Waals surface area contributed by atoms with Gasteiger partial charge in [0.05, 0.1) is 6.54 Å². The van der Waals surface area contributed by atoms with E-state index in [4.69, 9.17) is 11.6 Å². The summed E-state index contributed by atoms with van der Waals surface area (Å²) < 4.78 is 14.8. The molecule has 0 unspecified atom stereocenters. The zero-order chi connectivity index (χ0) is 19.5. The number of nitrogens with zero attached hydrogens (tertiary/aromatic N) is 1. The van der Waals surface area contributed by atoms with Gasteiger partial charge in [0.2, 0.25) is 0 Å². The summed E-state index contributed by atoms with van der Waals surface area (Å²) in [4.78, 5) is 12.3. The predicted molar refractivity (Wildman–Crippen MR) is 112 cm³/mol. The third-order valence-electron chi connectivity index (χ3n) is 4.66. The minimum Gasteiger partial charge on any atom is -0.310 e. The average Bonchev–Trinajstić information content (AvgIpc) is 2.72. The van der Waals surface area contributed by atoms with E-state index in [-0.39, 0.29) is 12.1 Å². The number of aromatic nitrogens is 1. The van der Waals surface area contributed by atoms with E-state index in [2.05, 4.69) is 24.3 Å². The fraction of sp³-hybridized carbons (Fsp3) is 0.0417. The second kappa shape index (κ2) is 7.83. The molecule has 1 heterocycles. The Hall–Kier alpha value is -3.17. The number of hydrogen-bond donors (Lipinski definition) is 0. The first-order valence-electron chi connectivity index (χ1n) is 8.90. The first-order chi connectivity index (χ1) is 13.6. The highest BCUT2D eigenvalue weighted by Crippen LogP contribution is 2.25. The lowest BCUT2D eigenvalue weighted by molar-refractivity contribution is 0.626. The van der Waals surface area contributed by atoms with Gasteiger partial charge in [-0.05, 0) is 46.0 Å². The van der Waals surface area contributed by atoms with Gasteiger partial charge in [0, 0.05) is 17.3 Å². The Balaban J connectivity index is 1.64. The zero-order valence-electron chi connectivity index (χ0n) is 15.0. The molecule has 0 aliphatic heterocycles. The van der Waals surface area contributed by atoms with Crippen molar-refractivity contribution in [3.8, 4) is 22.3 Å². The maximum atomic E-state index is 13.3. The first kappa shape index (κ1) is 18.2. The van der Waals surface area contributed by atoms with Crippen LogP contribution in [0.1, 0.15) is 5.56 Å². The topological polar surface area (TPSA) is 22.0 Å². The van der Waals surface area contributed by atoms with Crippen LogP contribution in [0.5, 0.6) is 0 Å². The van der Waals surface area contributed by atoms with Gasteiger partial charge in [-0.2, -0.15) is 0 Å². The van der Waals surface area contributed by atoms with E-state index in [0.717, 1.165) is 22.3 Å². The summed E-state index contributed by atoms with van der Waals surface area (Å²) >= 11 is 6.11. The molecule has 3 aromatic carbocycles. The van der Waals surface area contributed by atoms with E-state index in [1.807, 2.05) is 36.4 Å². The average molecular weight is 390 g/mol. The standard InChI is InChI=1S/C24H17ClFNO/c25-23-14-22(26)12-10-21(23)16-27-15-20(11-13-24(27)28)19-8-6-18(7-9-19)17-4-2-1-3-5-17/h1-15H,16H2. The molecule has 4 heteroatoms. The van der Waals surface area contributed by atoms with Crippen molar-refractivity contribution in [2.75, 3.05) is 0 Å². The molecule has 4 rings (SSSR count). The SMILES string of the molecule is O=c1ccc(-c2ccc(-c3ccccc3)cc2)cn1Cc1ccc(F)cc1Cl. The molecule has 2 nitrogen and oxygen atoms in total.